The fourth-order valence-corrected chi connectivity index (χ4v) is 4.72. The van der Waals surface area contributed by atoms with Crippen LogP contribution in [0.2, 0.25) is 0 Å². The maximum Gasteiger partial charge on any atom is 0.320 e. The molecule has 1 aromatic carbocycles. The number of rotatable bonds is 3. The van der Waals surface area contributed by atoms with Crippen LogP contribution in [0.4, 0.5) is 9.93 Å². The number of anilines is 1. The molecule has 2 aliphatic rings. The van der Waals surface area contributed by atoms with Crippen molar-refractivity contribution < 1.29 is 14.3 Å². The monoisotopic (exact) mass is 390 g/mol. The number of aromatic nitrogens is 1. The van der Waals surface area contributed by atoms with E-state index >= 15 is 0 Å². The van der Waals surface area contributed by atoms with Crippen LogP contribution in [0.15, 0.2) is 18.2 Å². The molecule has 0 radical (unpaired) electrons. The van der Waals surface area contributed by atoms with Gasteiger partial charge >= 0.3 is 6.03 Å². The Bertz CT molecular complexity index is 805. The van der Waals surface area contributed by atoms with Crippen molar-refractivity contribution >= 4 is 32.7 Å². The van der Waals surface area contributed by atoms with E-state index in [1.165, 1.54) is 0 Å². The van der Waals surface area contributed by atoms with E-state index in [-0.39, 0.29) is 12.1 Å². The Morgan fingerprint density at radius 3 is 2.93 bits per heavy atom. The van der Waals surface area contributed by atoms with Crippen molar-refractivity contribution in [3.05, 3.63) is 18.2 Å². The van der Waals surface area contributed by atoms with Gasteiger partial charge < -0.3 is 24.2 Å². The van der Waals surface area contributed by atoms with E-state index < -0.39 is 0 Å². The third kappa shape index (κ3) is 3.82. The molecule has 1 atom stereocenters. The van der Waals surface area contributed by atoms with Crippen LogP contribution in [-0.2, 0) is 4.74 Å². The number of nitrogens with zero attached hydrogens (tertiary/aromatic N) is 4. The number of benzene rings is 1. The van der Waals surface area contributed by atoms with E-state index in [4.69, 9.17) is 14.5 Å². The molecule has 3 heterocycles. The van der Waals surface area contributed by atoms with Gasteiger partial charge in [-0.25, -0.2) is 9.78 Å². The standard InChI is InChI=1S/C19H26N4O3S/c1-21(19(24)22-8-10-26-11-9-22)14-4-3-7-23(13-14)18-20-16-12-15(25-2)5-6-17(16)27-18/h5-6,12,14H,3-4,7-11,13H2,1-2H3. The third-order valence-electron chi connectivity index (χ3n) is 5.38. The molecule has 0 aliphatic carbocycles. The Morgan fingerprint density at radius 1 is 1.33 bits per heavy atom. The molecule has 0 bridgehead atoms. The van der Waals surface area contributed by atoms with Gasteiger partial charge in [-0.2, -0.15) is 0 Å². The molecule has 1 aromatic heterocycles. The minimum atomic E-state index is 0.110. The number of carbonyl (C=O) groups excluding carboxylic acids is 1. The van der Waals surface area contributed by atoms with E-state index in [0.29, 0.717) is 26.3 Å². The van der Waals surface area contributed by atoms with Gasteiger partial charge in [0.1, 0.15) is 5.75 Å². The summed E-state index contributed by atoms with van der Waals surface area (Å²) in [4.78, 5) is 23.7. The van der Waals surface area contributed by atoms with Gasteiger partial charge in [0, 0.05) is 39.3 Å². The third-order valence-corrected chi connectivity index (χ3v) is 6.48. The first-order valence-corrected chi connectivity index (χ1v) is 10.3. The summed E-state index contributed by atoms with van der Waals surface area (Å²) in [7, 11) is 3.60. The number of methoxy groups -OCH3 is 1. The van der Waals surface area contributed by atoms with E-state index in [1.54, 1.807) is 18.4 Å². The van der Waals surface area contributed by atoms with Gasteiger partial charge in [0.15, 0.2) is 5.13 Å². The van der Waals surface area contributed by atoms with Crippen molar-refractivity contribution in [3.8, 4) is 5.75 Å². The number of thiazole rings is 1. The Balaban J connectivity index is 1.46. The zero-order valence-electron chi connectivity index (χ0n) is 15.9. The van der Waals surface area contributed by atoms with Crippen molar-refractivity contribution in [1.29, 1.82) is 0 Å². The number of urea groups is 1. The zero-order valence-corrected chi connectivity index (χ0v) is 16.7. The highest BCUT2D eigenvalue weighted by atomic mass is 32.1. The summed E-state index contributed by atoms with van der Waals surface area (Å²) in [6.07, 6.45) is 2.09. The summed E-state index contributed by atoms with van der Waals surface area (Å²) in [6.45, 7) is 4.42. The summed E-state index contributed by atoms with van der Waals surface area (Å²) in [5.41, 5.74) is 0.967. The van der Waals surface area contributed by atoms with Crippen molar-refractivity contribution in [1.82, 2.24) is 14.8 Å². The molecular weight excluding hydrogens is 364 g/mol. The molecule has 2 aromatic rings. The van der Waals surface area contributed by atoms with Crippen LogP contribution in [0.25, 0.3) is 10.2 Å². The predicted molar refractivity (Wildman–Crippen MR) is 107 cm³/mol. The number of fused-ring (bicyclic) bond motifs is 1. The lowest BCUT2D eigenvalue weighted by molar-refractivity contribution is 0.0414. The molecule has 2 aliphatic heterocycles. The maximum absolute atomic E-state index is 12.8. The van der Waals surface area contributed by atoms with E-state index in [0.717, 1.165) is 47.0 Å². The second-order valence-corrected chi connectivity index (χ2v) is 8.07. The summed E-state index contributed by atoms with van der Waals surface area (Å²) in [6, 6.07) is 6.32. The molecule has 0 spiro atoms. The van der Waals surface area contributed by atoms with Crippen molar-refractivity contribution in [2.24, 2.45) is 0 Å². The fraction of sp³-hybridized carbons (Fsp3) is 0.579. The highest BCUT2D eigenvalue weighted by Crippen LogP contribution is 2.33. The first kappa shape index (κ1) is 18.3. The van der Waals surface area contributed by atoms with Gasteiger partial charge in [-0.1, -0.05) is 11.3 Å². The molecule has 27 heavy (non-hydrogen) atoms. The highest BCUT2D eigenvalue weighted by Gasteiger charge is 2.30. The topological polar surface area (TPSA) is 58.1 Å². The molecule has 146 valence electrons. The van der Waals surface area contributed by atoms with Crippen LogP contribution in [0.3, 0.4) is 0 Å². The smallest absolute Gasteiger partial charge is 0.320 e. The average molecular weight is 391 g/mol. The normalized spacial score (nSPS) is 20.7. The lowest BCUT2D eigenvalue weighted by Crippen LogP contribution is -2.54. The quantitative estimate of drug-likeness (QED) is 0.806. The van der Waals surface area contributed by atoms with Crippen molar-refractivity contribution in [2.75, 3.05) is 58.5 Å². The predicted octanol–water partition coefficient (Wildman–Crippen LogP) is 2.66. The lowest BCUT2D eigenvalue weighted by atomic mass is 10.1. The molecule has 2 fully saturated rings. The molecule has 1 unspecified atom stereocenters. The Labute approximate surface area is 163 Å². The van der Waals surface area contributed by atoms with Crippen molar-refractivity contribution in [3.63, 3.8) is 0 Å². The number of hydrogen-bond acceptors (Lipinski definition) is 6. The number of ether oxygens (including phenoxy) is 2. The van der Waals surface area contributed by atoms with Gasteiger partial charge in [0.05, 0.1) is 36.6 Å². The summed E-state index contributed by atoms with van der Waals surface area (Å²) >= 11 is 1.70. The van der Waals surface area contributed by atoms with Gasteiger partial charge in [0.2, 0.25) is 0 Å². The largest absolute Gasteiger partial charge is 0.497 e. The summed E-state index contributed by atoms with van der Waals surface area (Å²) in [5.74, 6) is 0.826. The van der Waals surface area contributed by atoms with E-state index in [2.05, 4.69) is 11.0 Å². The first-order valence-electron chi connectivity index (χ1n) is 9.44. The van der Waals surface area contributed by atoms with Crippen LogP contribution in [0, 0.1) is 0 Å². The lowest BCUT2D eigenvalue weighted by Gasteiger charge is -2.40. The zero-order chi connectivity index (χ0) is 18.8. The van der Waals surface area contributed by atoms with E-state index in [1.807, 2.05) is 29.0 Å². The number of carbonyl (C=O) groups is 1. The van der Waals surface area contributed by atoms with Gasteiger partial charge in [-0.05, 0) is 25.0 Å². The second kappa shape index (κ2) is 7.90. The fourth-order valence-electron chi connectivity index (χ4n) is 3.74. The Hall–Kier alpha value is -2.06. The Morgan fingerprint density at radius 2 is 2.15 bits per heavy atom. The van der Waals surface area contributed by atoms with Gasteiger partial charge in [0.25, 0.3) is 0 Å². The molecule has 0 saturated carbocycles. The molecule has 8 heteroatoms. The summed E-state index contributed by atoms with van der Waals surface area (Å²) in [5, 5.41) is 1.02. The van der Waals surface area contributed by atoms with Gasteiger partial charge in [-0.15, -0.1) is 0 Å². The van der Waals surface area contributed by atoms with Gasteiger partial charge in [-0.3, -0.25) is 0 Å². The molecular formula is C19H26N4O3S. The van der Waals surface area contributed by atoms with Crippen LogP contribution >= 0.6 is 11.3 Å². The SMILES string of the molecule is COc1ccc2sc(N3CCCC(N(C)C(=O)N4CCOCC4)C3)nc2c1. The van der Waals surface area contributed by atoms with Crippen LogP contribution in [0.5, 0.6) is 5.75 Å². The summed E-state index contributed by atoms with van der Waals surface area (Å²) < 4.78 is 11.8. The Kier molecular flexibility index (Phi) is 5.36. The minimum Gasteiger partial charge on any atom is -0.497 e. The maximum atomic E-state index is 12.8. The second-order valence-electron chi connectivity index (χ2n) is 7.07. The molecule has 0 N–H and O–H groups in total. The number of morpholine rings is 1. The number of piperidine rings is 1. The highest BCUT2D eigenvalue weighted by molar-refractivity contribution is 7.22. The van der Waals surface area contributed by atoms with Crippen molar-refractivity contribution in [2.45, 2.75) is 18.9 Å². The number of hydrogen-bond donors (Lipinski definition) is 0. The number of likely N-dealkylation sites (N-methyl/N-ethyl adjacent to an activating group) is 1. The molecule has 2 saturated heterocycles. The van der Waals surface area contributed by atoms with Crippen LogP contribution < -0.4 is 9.64 Å². The van der Waals surface area contributed by atoms with Crippen LogP contribution in [0.1, 0.15) is 12.8 Å². The molecule has 7 nitrogen and oxygen atoms in total. The molecule has 2 amide bonds. The average Bonchev–Trinajstić information content (AvgIpc) is 3.16. The minimum absolute atomic E-state index is 0.110. The van der Waals surface area contributed by atoms with Crippen LogP contribution in [-0.4, -0.2) is 80.4 Å². The molecule has 4 rings (SSSR count). The van der Waals surface area contributed by atoms with E-state index in [9.17, 15) is 4.79 Å². The first-order chi connectivity index (χ1) is 13.2. The number of amides is 2.